The Morgan fingerprint density at radius 1 is 1.00 bits per heavy atom. The van der Waals surface area contributed by atoms with E-state index in [1.807, 2.05) is 0 Å². The molecule has 1 aliphatic heterocycles. The van der Waals surface area contributed by atoms with E-state index in [0.29, 0.717) is 11.4 Å². The lowest BCUT2D eigenvalue weighted by Gasteiger charge is -2.29. The molecule has 2 heterocycles. The maximum atomic E-state index is 12.0. The highest BCUT2D eigenvalue weighted by molar-refractivity contribution is 5.98. The highest BCUT2D eigenvalue weighted by Gasteiger charge is 2.25. The molecule has 1 aliphatic rings. The Bertz CT molecular complexity index is 924. The van der Waals surface area contributed by atoms with E-state index in [1.165, 1.54) is 21.7 Å². The van der Waals surface area contributed by atoms with Crippen molar-refractivity contribution in [3.05, 3.63) is 59.0 Å². The van der Waals surface area contributed by atoms with Crippen LogP contribution in [0.25, 0.3) is 0 Å². The molecule has 0 saturated heterocycles. The maximum Gasteiger partial charge on any atom is 0.265 e. The van der Waals surface area contributed by atoms with Crippen molar-refractivity contribution < 1.29 is 19.1 Å². The molecule has 9 nitrogen and oxygen atoms in total. The molecule has 2 N–H and O–H groups in total. The molecule has 0 fully saturated rings. The third-order valence-electron chi connectivity index (χ3n) is 3.93. The van der Waals surface area contributed by atoms with Gasteiger partial charge in [0.1, 0.15) is 12.3 Å². The number of ether oxygens (including phenoxy) is 1. The van der Waals surface area contributed by atoms with Gasteiger partial charge in [-0.3, -0.25) is 30.0 Å². The van der Waals surface area contributed by atoms with Crippen LogP contribution in [0.1, 0.15) is 6.42 Å². The molecule has 0 spiro atoms. The SMILES string of the molecule is O=C(CCN1C(=O)COc2ccccc21)NNC(=O)Cn1ccccc1=O. The monoisotopic (exact) mass is 370 g/mol. The van der Waals surface area contributed by atoms with Crippen molar-refractivity contribution in [3.8, 4) is 5.75 Å². The molecule has 0 radical (unpaired) electrons. The number of anilines is 1. The van der Waals surface area contributed by atoms with Gasteiger partial charge in [-0.1, -0.05) is 18.2 Å². The number of nitrogens with zero attached hydrogens (tertiary/aromatic N) is 2. The van der Waals surface area contributed by atoms with Gasteiger partial charge in [0, 0.05) is 25.2 Å². The molecule has 1 aromatic heterocycles. The first-order valence-corrected chi connectivity index (χ1v) is 8.30. The third kappa shape index (κ3) is 4.51. The summed E-state index contributed by atoms with van der Waals surface area (Å²) in [5.74, 6) is -0.655. The number of nitrogens with one attached hydrogen (secondary N) is 2. The molecular weight excluding hydrogens is 352 g/mol. The first-order chi connectivity index (χ1) is 13.0. The molecule has 3 rings (SSSR count). The molecule has 140 valence electrons. The lowest BCUT2D eigenvalue weighted by Crippen LogP contribution is -2.46. The molecule has 9 heteroatoms. The first kappa shape index (κ1) is 18.2. The summed E-state index contributed by atoms with van der Waals surface area (Å²) in [5.41, 5.74) is 4.82. The van der Waals surface area contributed by atoms with Crippen molar-refractivity contribution in [1.82, 2.24) is 15.4 Å². The number of hydrogen-bond acceptors (Lipinski definition) is 5. The number of amides is 3. The van der Waals surface area contributed by atoms with Crippen LogP contribution in [0.2, 0.25) is 0 Å². The zero-order chi connectivity index (χ0) is 19.2. The average molecular weight is 370 g/mol. The number of hydrazine groups is 1. The molecule has 1 aromatic carbocycles. The van der Waals surface area contributed by atoms with Crippen molar-refractivity contribution in [2.24, 2.45) is 0 Å². The molecule has 0 bridgehead atoms. The second-order valence-electron chi connectivity index (χ2n) is 5.81. The Balaban J connectivity index is 1.49. The molecule has 3 amide bonds. The van der Waals surface area contributed by atoms with Gasteiger partial charge in [0.25, 0.3) is 17.4 Å². The minimum absolute atomic E-state index is 0.00829. The predicted molar refractivity (Wildman–Crippen MR) is 95.9 cm³/mol. The number of rotatable bonds is 5. The Morgan fingerprint density at radius 3 is 2.56 bits per heavy atom. The number of fused-ring (bicyclic) bond motifs is 1. The number of benzene rings is 1. The second kappa shape index (κ2) is 8.17. The van der Waals surface area contributed by atoms with E-state index in [4.69, 9.17) is 4.74 Å². The van der Waals surface area contributed by atoms with Gasteiger partial charge in [-0.15, -0.1) is 0 Å². The Labute approximate surface area is 154 Å². The van der Waals surface area contributed by atoms with Crippen molar-refractivity contribution in [2.45, 2.75) is 13.0 Å². The van der Waals surface area contributed by atoms with Crippen LogP contribution in [0.4, 0.5) is 5.69 Å². The summed E-state index contributed by atoms with van der Waals surface area (Å²) in [5, 5.41) is 0. The topological polar surface area (TPSA) is 110 Å². The first-order valence-electron chi connectivity index (χ1n) is 8.30. The quantitative estimate of drug-likeness (QED) is 0.709. The number of hydrogen-bond donors (Lipinski definition) is 2. The fraction of sp³-hybridized carbons (Fsp3) is 0.222. The standard InChI is InChI=1S/C18H18N4O5/c23-15(19-20-16(24)11-21-9-4-3-7-17(21)25)8-10-22-13-5-1-2-6-14(13)27-12-18(22)26/h1-7,9H,8,10-12H2,(H,19,23)(H,20,24). The molecular formula is C18H18N4O5. The van der Waals surface area contributed by atoms with Gasteiger partial charge in [-0.2, -0.15) is 0 Å². The minimum atomic E-state index is -0.538. The van der Waals surface area contributed by atoms with Crippen LogP contribution in [0.15, 0.2) is 53.5 Å². The molecule has 27 heavy (non-hydrogen) atoms. The number of aromatic nitrogens is 1. The van der Waals surface area contributed by atoms with Gasteiger partial charge in [0.05, 0.1) is 5.69 Å². The van der Waals surface area contributed by atoms with Crippen LogP contribution in [0, 0.1) is 0 Å². The van der Waals surface area contributed by atoms with Crippen LogP contribution in [-0.4, -0.2) is 35.4 Å². The van der Waals surface area contributed by atoms with Crippen LogP contribution in [-0.2, 0) is 20.9 Å². The third-order valence-corrected chi connectivity index (χ3v) is 3.93. The van der Waals surface area contributed by atoms with E-state index < -0.39 is 11.8 Å². The lowest BCUT2D eigenvalue weighted by molar-refractivity contribution is -0.129. The summed E-state index contributed by atoms with van der Waals surface area (Å²) < 4.78 is 6.55. The van der Waals surface area contributed by atoms with Gasteiger partial charge >= 0.3 is 0 Å². The molecule has 2 aromatic rings. The van der Waals surface area contributed by atoms with Gasteiger partial charge in [0.2, 0.25) is 5.91 Å². The minimum Gasteiger partial charge on any atom is -0.482 e. The molecule has 0 unspecified atom stereocenters. The predicted octanol–water partition coefficient (Wildman–Crippen LogP) is -0.189. The molecule has 0 aliphatic carbocycles. The lowest BCUT2D eigenvalue weighted by atomic mass is 10.2. The molecule has 0 atom stereocenters. The van der Waals surface area contributed by atoms with Gasteiger partial charge < -0.3 is 14.2 Å². The summed E-state index contributed by atoms with van der Waals surface area (Å²) in [4.78, 5) is 48.9. The van der Waals surface area contributed by atoms with Crippen molar-refractivity contribution in [3.63, 3.8) is 0 Å². The maximum absolute atomic E-state index is 12.0. The highest BCUT2D eigenvalue weighted by atomic mass is 16.5. The van der Waals surface area contributed by atoms with Gasteiger partial charge in [-0.05, 0) is 18.2 Å². The van der Waals surface area contributed by atoms with Crippen LogP contribution >= 0.6 is 0 Å². The molecule has 0 saturated carbocycles. The summed E-state index contributed by atoms with van der Waals surface area (Å²) in [6, 6.07) is 11.6. The van der Waals surface area contributed by atoms with E-state index in [9.17, 15) is 19.2 Å². The summed E-state index contributed by atoms with van der Waals surface area (Å²) >= 11 is 0. The highest BCUT2D eigenvalue weighted by Crippen LogP contribution is 2.31. The number of para-hydroxylation sites is 2. The Hall–Kier alpha value is -3.62. The normalized spacial score (nSPS) is 12.7. The number of carbonyl (C=O) groups is 3. The van der Waals surface area contributed by atoms with Crippen LogP contribution in [0.3, 0.4) is 0 Å². The van der Waals surface area contributed by atoms with Crippen molar-refractivity contribution in [2.75, 3.05) is 18.1 Å². The van der Waals surface area contributed by atoms with Crippen molar-refractivity contribution >= 4 is 23.4 Å². The summed E-state index contributed by atoms with van der Waals surface area (Å²) in [6.07, 6.45) is 1.47. The Morgan fingerprint density at radius 2 is 1.74 bits per heavy atom. The van der Waals surface area contributed by atoms with E-state index in [0.717, 1.165) is 0 Å². The number of pyridine rings is 1. The second-order valence-corrected chi connectivity index (χ2v) is 5.81. The fourth-order valence-corrected chi connectivity index (χ4v) is 2.60. The van der Waals surface area contributed by atoms with Gasteiger partial charge in [-0.25, -0.2) is 0 Å². The van der Waals surface area contributed by atoms with Crippen LogP contribution < -0.4 is 26.0 Å². The summed E-state index contributed by atoms with van der Waals surface area (Å²) in [7, 11) is 0. The van der Waals surface area contributed by atoms with E-state index in [2.05, 4.69) is 10.9 Å². The average Bonchev–Trinajstić information content (AvgIpc) is 2.67. The Kier molecular flexibility index (Phi) is 5.50. The van der Waals surface area contributed by atoms with E-state index >= 15 is 0 Å². The zero-order valence-electron chi connectivity index (χ0n) is 14.4. The summed E-state index contributed by atoms with van der Waals surface area (Å²) in [6.45, 7) is -0.143. The number of carbonyl (C=O) groups excluding carboxylic acids is 3. The van der Waals surface area contributed by atoms with Crippen LogP contribution in [0.5, 0.6) is 5.75 Å². The van der Waals surface area contributed by atoms with Crippen molar-refractivity contribution in [1.29, 1.82) is 0 Å². The van der Waals surface area contributed by atoms with E-state index in [1.54, 1.807) is 36.4 Å². The fourth-order valence-electron chi connectivity index (χ4n) is 2.60. The largest absolute Gasteiger partial charge is 0.482 e. The smallest absolute Gasteiger partial charge is 0.265 e. The van der Waals surface area contributed by atoms with Gasteiger partial charge in [0.15, 0.2) is 6.61 Å². The zero-order valence-corrected chi connectivity index (χ0v) is 14.4. The van der Waals surface area contributed by atoms with E-state index in [-0.39, 0.29) is 37.6 Å².